The Labute approximate surface area is 98.3 Å². The van der Waals surface area contributed by atoms with E-state index in [1.807, 2.05) is 11.8 Å². The van der Waals surface area contributed by atoms with E-state index in [4.69, 9.17) is 4.74 Å². The fourth-order valence-corrected chi connectivity index (χ4v) is 2.02. The molecule has 0 bridgehead atoms. The number of carbonyl (C=O) groups excluding carboxylic acids is 1. The minimum absolute atomic E-state index is 0.264. The third-order valence-corrected chi connectivity index (χ3v) is 3.24. The third-order valence-electron chi connectivity index (χ3n) is 3.24. The van der Waals surface area contributed by atoms with Crippen molar-refractivity contribution < 1.29 is 9.53 Å². The van der Waals surface area contributed by atoms with E-state index in [0.717, 1.165) is 26.1 Å². The standard InChI is InChI=1S/C12H24N2O2/c1-4-16-9-5-6-12(15)14-8-7-13-10(2)11(14)3/h10-11,13H,4-9H2,1-3H3. The zero-order valence-corrected chi connectivity index (χ0v) is 10.7. The predicted octanol–water partition coefficient (Wildman–Crippen LogP) is 1.01. The minimum Gasteiger partial charge on any atom is -0.382 e. The van der Waals surface area contributed by atoms with E-state index >= 15 is 0 Å². The van der Waals surface area contributed by atoms with Crippen LogP contribution < -0.4 is 5.32 Å². The second kappa shape index (κ2) is 6.86. The summed E-state index contributed by atoms with van der Waals surface area (Å²) < 4.78 is 5.24. The SMILES string of the molecule is CCOCCCC(=O)N1CCNC(C)C1C. The van der Waals surface area contributed by atoms with Crippen LogP contribution in [0.4, 0.5) is 0 Å². The Bertz CT molecular complexity index is 221. The van der Waals surface area contributed by atoms with Gasteiger partial charge >= 0.3 is 0 Å². The van der Waals surface area contributed by atoms with Crippen molar-refractivity contribution in [2.75, 3.05) is 26.3 Å². The molecule has 4 heteroatoms. The fraction of sp³-hybridized carbons (Fsp3) is 0.917. The van der Waals surface area contributed by atoms with Gasteiger partial charge in [-0.3, -0.25) is 4.79 Å². The Morgan fingerprint density at radius 2 is 2.25 bits per heavy atom. The number of ether oxygens (including phenoxy) is 1. The summed E-state index contributed by atoms with van der Waals surface area (Å²) in [5.74, 6) is 0.264. The van der Waals surface area contributed by atoms with E-state index in [1.165, 1.54) is 0 Å². The number of hydrogen-bond acceptors (Lipinski definition) is 3. The lowest BCUT2D eigenvalue weighted by Gasteiger charge is -2.38. The first-order valence-corrected chi connectivity index (χ1v) is 6.27. The van der Waals surface area contributed by atoms with Crippen molar-refractivity contribution in [3.05, 3.63) is 0 Å². The summed E-state index contributed by atoms with van der Waals surface area (Å²) in [6, 6.07) is 0.693. The van der Waals surface area contributed by atoms with Crippen LogP contribution in [-0.4, -0.2) is 49.2 Å². The summed E-state index contributed by atoms with van der Waals surface area (Å²) in [6.45, 7) is 9.37. The first kappa shape index (κ1) is 13.5. The quantitative estimate of drug-likeness (QED) is 0.714. The molecule has 2 unspecified atom stereocenters. The molecule has 1 saturated heterocycles. The van der Waals surface area contributed by atoms with Crippen molar-refractivity contribution in [2.24, 2.45) is 0 Å². The molecule has 1 aliphatic heterocycles. The second-order valence-corrected chi connectivity index (χ2v) is 4.37. The maximum absolute atomic E-state index is 12.0. The van der Waals surface area contributed by atoms with Gasteiger partial charge in [0.1, 0.15) is 0 Å². The number of carbonyl (C=O) groups is 1. The van der Waals surface area contributed by atoms with Gasteiger partial charge in [-0.2, -0.15) is 0 Å². The molecule has 16 heavy (non-hydrogen) atoms. The highest BCUT2D eigenvalue weighted by molar-refractivity contribution is 5.76. The van der Waals surface area contributed by atoms with E-state index in [1.54, 1.807) is 0 Å². The van der Waals surface area contributed by atoms with Gasteiger partial charge in [-0.05, 0) is 27.2 Å². The van der Waals surface area contributed by atoms with Gasteiger partial charge < -0.3 is 15.0 Å². The van der Waals surface area contributed by atoms with Crippen LogP contribution in [-0.2, 0) is 9.53 Å². The van der Waals surface area contributed by atoms with Crippen LogP contribution in [0.1, 0.15) is 33.6 Å². The lowest BCUT2D eigenvalue weighted by Crippen LogP contribution is -2.57. The molecule has 1 aliphatic rings. The number of nitrogens with zero attached hydrogens (tertiary/aromatic N) is 1. The van der Waals surface area contributed by atoms with Crippen molar-refractivity contribution in [1.29, 1.82) is 0 Å². The van der Waals surface area contributed by atoms with Gasteiger partial charge in [-0.15, -0.1) is 0 Å². The number of piperazine rings is 1. The van der Waals surface area contributed by atoms with Gasteiger partial charge in [0.25, 0.3) is 0 Å². The molecule has 0 aromatic heterocycles. The summed E-state index contributed by atoms with van der Waals surface area (Å²) >= 11 is 0. The van der Waals surface area contributed by atoms with Gasteiger partial charge in [0.15, 0.2) is 0 Å². The summed E-state index contributed by atoms with van der Waals surface area (Å²) in [5.41, 5.74) is 0. The molecular weight excluding hydrogens is 204 g/mol. The lowest BCUT2D eigenvalue weighted by atomic mass is 10.1. The zero-order chi connectivity index (χ0) is 12.0. The molecule has 0 aromatic rings. The van der Waals surface area contributed by atoms with Crippen LogP contribution in [0.15, 0.2) is 0 Å². The molecule has 1 fully saturated rings. The monoisotopic (exact) mass is 228 g/mol. The predicted molar refractivity (Wildman–Crippen MR) is 64.4 cm³/mol. The molecule has 1 amide bonds. The number of nitrogens with one attached hydrogen (secondary N) is 1. The molecule has 2 atom stereocenters. The smallest absolute Gasteiger partial charge is 0.222 e. The van der Waals surface area contributed by atoms with Crippen molar-refractivity contribution in [3.8, 4) is 0 Å². The maximum Gasteiger partial charge on any atom is 0.222 e. The average Bonchev–Trinajstić information content (AvgIpc) is 2.28. The van der Waals surface area contributed by atoms with Crippen LogP contribution in [0.5, 0.6) is 0 Å². The minimum atomic E-state index is 0.264. The van der Waals surface area contributed by atoms with Crippen molar-refractivity contribution in [1.82, 2.24) is 10.2 Å². The molecular formula is C12H24N2O2. The van der Waals surface area contributed by atoms with Crippen LogP contribution in [0.3, 0.4) is 0 Å². The summed E-state index contributed by atoms with van der Waals surface area (Å²) in [6.07, 6.45) is 1.44. The highest BCUT2D eigenvalue weighted by Gasteiger charge is 2.27. The Morgan fingerprint density at radius 1 is 1.50 bits per heavy atom. The van der Waals surface area contributed by atoms with E-state index in [9.17, 15) is 4.79 Å². The maximum atomic E-state index is 12.0. The largest absolute Gasteiger partial charge is 0.382 e. The number of amides is 1. The molecule has 0 spiro atoms. The molecule has 1 rings (SSSR count). The molecule has 0 aromatic carbocycles. The van der Waals surface area contributed by atoms with Gasteiger partial charge in [-0.1, -0.05) is 0 Å². The molecule has 1 N–H and O–H groups in total. The molecule has 0 aliphatic carbocycles. The number of rotatable bonds is 5. The summed E-state index contributed by atoms with van der Waals surface area (Å²) in [4.78, 5) is 14.0. The molecule has 4 nitrogen and oxygen atoms in total. The first-order valence-electron chi connectivity index (χ1n) is 6.27. The topological polar surface area (TPSA) is 41.6 Å². The highest BCUT2D eigenvalue weighted by Crippen LogP contribution is 2.11. The van der Waals surface area contributed by atoms with Gasteiger partial charge in [0.05, 0.1) is 0 Å². The second-order valence-electron chi connectivity index (χ2n) is 4.37. The Balaban J connectivity index is 2.29. The van der Waals surface area contributed by atoms with E-state index < -0.39 is 0 Å². The van der Waals surface area contributed by atoms with Crippen LogP contribution in [0.25, 0.3) is 0 Å². The van der Waals surface area contributed by atoms with Crippen LogP contribution in [0.2, 0.25) is 0 Å². The van der Waals surface area contributed by atoms with E-state index in [0.29, 0.717) is 25.1 Å². The lowest BCUT2D eigenvalue weighted by molar-refractivity contribution is -0.135. The van der Waals surface area contributed by atoms with Crippen molar-refractivity contribution in [3.63, 3.8) is 0 Å². The van der Waals surface area contributed by atoms with Crippen molar-refractivity contribution >= 4 is 5.91 Å². The molecule has 0 saturated carbocycles. The zero-order valence-electron chi connectivity index (χ0n) is 10.7. The van der Waals surface area contributed by atoms with E-state index in [2.05, 4.69) is 19.2 Å². The average molecular weight is 228 g/mol. The summed E-state index contributed by atoms with van der Waals surface area (Å²) in [5, 5.41) is 3.37. The van der Waals surface area contributed by atoms with Crippen molar-refractivity contribution in [2.45, 2.75) is 45.7 Å². The first-order chi connectivity index (χ1) is 7.66. The fourth-order valence-electron chi connectivity index (χ4n) is 2.02. The van der Waals surface area contributed by atoms with Crippen LogP contribution in [0, 0.1) is 0 Å². The Hall–Kier alpha value is -0.610. The normalized spacial score (nSPS) is 25.8. The Morgan fingerprint density at radius 3 is 2.94 bits per heavy atom. The van der Waals surface area contributed by atoms with Gasteiger partial charge in [-0.25, -0.2) is 0 Å². The van der Waals surface area contributed by atoms with E-state index in [-0.39, 0.29) is 5.91 Å². The Kier molecular flexibility index (Phi) is 5.77. The molecule has 94 valence electrons. The highest BCUT2D eigenvalue weighted by atomic mass is 16.5. The third kappa shape index (κ3) is 3.76. The van der Waals surface area contributed by atoms with Crippen LogP contribution >= 0.6 is 0 Å². The molecule has 0 radical (unpaired) electrons. The van der Waals surface area contributed by atoms with Gasteiger partial charge in [0.2, 0.25) is 5.91 Å². The van der Waals surface area contributed by atoms with Gasteiger partial charge in [0, 0.05) is 44.8 Å². The molecule has 1 heterocycles. The summed E-state index contributed by atoms with van der Waals surface area (Å²) in [7, 11) is 0. The number of hydrogen-bond donors (Lipinski definition) is 1.